The molecule has 2 aromatic rings. The number of likely N-dealkylation sites (tertiary alicyclic amines) is 1. The Kier molecular flexibility index (Phi) is 5.24. The Labute approximate surface area is 186 Å². The van der Waals surface area contributed by atoms with E-state index in [0.717, 1.165) is 43.4 Å². The number of ether oxygens (including phenoxy) is 1. The molecule has 32 heavy (non-hydrogen) atoms. The highest BCUT2D eigenvalue weighted by Gasteiger charge is 2.50. The molecule has 1 amide bonds. The van der Waals surface area contributed by atoms with Crippen molar-refractivity contribution in [3.05, 3.63) is 41.5 Å². The first-order valence-electron chi connectivity index (χ1n) is 11.1. The zero-order valence-corrected chi connectivity index (χ0v) is 18.3. The summed E-state index contributed by atoms with van der Waals surface area (Å²) in [6, 6.07) is 4.44. The number of carbonyl (C=O) groups excluding carboxylic acids is 2. The van der Waals surface area contributed by atoms with Gasteiger partial charge in [0.05, 0.1) is 16.7 Å². The molecule has 1 saturated carbocycles. The van der Waals surface area contributed by atoms with Crippen LogP contribution in [-0.2, 0) is 14.3 Å². The summed E-state index contributed by atoms with van der Waals surface area (Å²) in [5, 5.41) is 14.8. The average molecular weight is 438 g/mol. The van der Waals surface area contributed by atoms with Crippen molar-refractivity contribution in [3.63, 3.8) is 0 Å². The number of nitrogens with one attached hydrogen (secondary N) is 1. The maximum atomic E-state index is 13.3. The number of hydrogen-bond donors (Lipinski definition) is 1. The number of tetrazole rings is 1. The summed E-state index contributed by atoms with van der Waals surface area (Å²) in [7, 11) is 0. The molecule has 1 saturated heterocycles. The SMILES string of the molecule is CC1=C(N2CC[C@]3(CC[C@@H](N[C@H](C)c4ccc(-n5cnnn5)nc4)CC3)C2=O)COC1=O. The minimum atomic E-state index is -0.309. The molecule has 1 spiro atoms. The molecule has 2 aliphatic heterocycles. The van der Waals surface area contributed by atoms with Crippen molar-refractivity contribution in [2.45, 2.75) is 58.0 Å². The van der Waals surface area contributed by atoms with E-state index in [1.165, 1.54) is 11.0 Å². The molecule has 2 aromatic heterocycles. The van der Waals surface area contributed by atoms with E-state index in [9.17, 15) is 9.59 Å². The standard InChI is InChI=1S/C22H27N7O3/c1-14-18(12-32-20(14)30)28-10-9-22(21(28)31)7-5-17(6-8-22)25-15(2)16-3-4-19(23-11-16)29-13-24-26-27-29/h3-4,11,13,15,17,25H,5-10,12H2,1-2H3/t15-,17-,22-/m1/s1. The molecule has 0 unspecified atom stereocenters. The highest BCUT2D eigenvalue weighted by atomic mass is 16.5. The lowest BCUT2D eigenvalue weighted by Crippen LogP contribution is -2.42. The van der Waals surface area contributed by atoms with Gasteiger partial charge in [0.15, 0.2) is 5.82 Å². The van der Waals surface area contributed by atoms with Gasteiger partial charge in [-0.15, -0.1) is 5.10 Å². The first kappa shape index (κ1) is 20.7. The van der Waals surface area contributed by atoms with Gasteiger partial charge in [-0.1, -0.05) is 6.07 Å². The van der Waals surface area contributed by atoms with Gasteiger partial charge in [0.1, 0.15) is 12.9 Å². The smallest absolute Gasteiger partial charge is 0.336 e. The highest BCUT2D eigenvalue weighted by Crippen LogP contribution is 2.46. The number of carbonyl (C=O) groups is 2. The van der Waals surface area contributed by atoms with Crippen LogP contribution < -0.4 is 5.32 Å². The molecular formula is C22H27N7O3. The van der Waals surface area contributed by atoms with E-state index >= 15 is 0 Å². The number of rotatable bonds is 5. The molecule has 5 rings (SSSR count). The van der Waals surface area contributed by atoms with Crippen LogP contribution in [0.5, 0.6) is 0 Å². The summed E-state index contributed by atoms with van der Waals surface area (Å²) in [4.78, 5) is 31.3. The molecule has 0 aromatic carbocycles. The van der Waals surface area contributed by atoms with Gasteiger partial charge in [-0.25, -0.2) is 9.78 Å². The van der Waals surface area contributed by atoms with Crippen molar-refractivity contribution >= 4 is 11.9 Å². The van der Waals surface area contributed by atoms with Gasteiger partial charge in [-0.3, -0.25) is 4.79 Å². The second-order valence-electron chi connectivity index (χ2n) is 9.00. The van der Waals surface area contributed by atoms with E-state index in [1.54, 1.807) is 11.8 Å². The minimum absolute atomic E-state index is 0.148. The van der Waals surface area contributed by atoms with Crippen LogP contribution in [0.3, 0.4) is 0 Å². The fourth-order valence-electron chi connectivity index (χ4n) is 5.13. The number of aromatic nitrogens is 5. The van der Waals surface area contributed by atoms with Crippen LogP contribution in [0.15, 0.2) is 35.9 Å². The predicted molar refractivity (Wildman–Crippen MR) is 113 cm³/mol. The molecule has 2 fully saturated rings. The van der Waals surface area contributed by atoms with Gasteiger partial charge in [0.25, 0.3) is 0 Å². The summed E-state index contributed by atoms with van der Waals surface area (Å²) in [6.45, 7) is 4.77. The quantitative estimate of drug-likeness (QED) is 0.703. The van der Waals surface area contributed by atoms with E-state index < -0.39 is 0 Å². The van der Waals surface area contributed by atoms with E-state index in [0.29, 0.717) is 24.0 Å². The van der Waals surface area contributed by atoms with Crippen LogP contribution in [0.2, 0.25) is 0 Å². The molecule has 3 aliphatic rings. The van der Waals surface area contributed by atoms with Crippen molar-refractivity contribution in [2.24, 2.45) is 5.41 Å². The van der Waals surface area contributed by atoms with E-state index in [2.05, 4.69) is 32.7 Å². The summed E-state index contributed by atoms with van der Waals surface area (Å²) in [5.41, 5.74) is 2.12. The van der Waals surface area contributed by atoms with Gasteiger partial charge in [-0.2, -0.15) is 4.68 Å². The van der Waals surface area contributed by atoms with E-state index in [1.807, 2.05) is 18.3 Å². The second kappa shape index (κ2) is 8.09. The number of hydrogen-bond acceptors (Lipinski definition) is 8. The monoisotopic (exact) mass is 437 g/mol. The van der Waals surface area contributed by atoms with Crippen molar-refractivity contribution < 1.29 is 14.3 Å². The van der Waals surface area contributed by atoms with Crippen LogP contribution >= 0.6 is 0 Å². The minimum Gasteiger partial charge on any atom is -0.456 e. The third-order valence-electron chi connectivity index (χ3n) is 7.20. The first-order chi connectivity index (χ1) is 15.5. The third kappa shape index (κ3) is 3.58. The number of pyridine rings is 1. The van der Waals surface area contributed by atoms with Crippen molar-refractivity contribution in [2.75, 3.05) is 13.2 Å². The Morgan fingerprint density at radius 3 is 2.66 bits per heavy atom. The van der Waals surface area contributed by atoms with Crippen molar-refractivity contribution in [3.8, 4) is 5.82 Å². The molecule has 1 N–H and O–H groups in total. The lowest BCUT2D eigenvalue weighted by molar-refractivity contribution is -0.138. The highest BCUT2D eigenvalue weighted by molar-refractivity contribution is 5.94. The third-order valence-corrected chi connectivity index (χ3v) is 7.20. The Balaban J connectivity index is 1.18. The van der Waals surface area contributed by atoms with Crippen molar-refractivity contribution in [1.82, 2.24) is 35.4 Å². The molecule has 0 radical (unpaired) electrons. The lowest BCUT2D eigenvalue weighted by atomic mass is 9.71. The van der Waals surface area contributed by atoms with Gasteiger partial charge in [0, 0.05) is 24.8 Å². The molecule has 1 aliphatic carbocycles. The Bertz CT molecular complexity index is 1040. The fourth-order valence-corrected chi connectivity index (χ4v) is 5.13. The van der Waals surface area contributed by atoms with Crippen LogP contribution in [0, 0.1) is 5.41 Å². The van der Waals surface area contributed by atoms with Gasteiger partial charge in [-0.05, 0) is 68.0 Å². The number of nitrogens with zero attached hydrogens (tertiary/aromatic N) is 6. The first-order valence-corrected chi connectivity index (χ1v) is 11.1. The zero-order valence-electron chi connectivity index (χ0n) is 18.3. The van der Waals surface area contributed by atoms with Crippen molar-refractivity contribution in [1.29, 1.82) is 0 Å². The second-order valence-corrected chi connectivity index (χ2v) is 9.00. The normalized spacial score (nSPS) is 26.8. The number of esters is 1. The molecule has 10 heteroatoms. The van der Waals surface area contributed by atoms with Crippen LogP contribution in [0.1, 0.15) is 57.6 Å². The topological polar surface area (TPSA) is 115 Å². The summed E-state index contributed by atoms with van der Waals surface area (Å²) in [6.07, 6.45) is 7.85. The van der Waals surface area contributed by atoms with Crippen LogP contribution in [-0.4, -0.2) is 61.2 Å². The largest absolute Gasteiger partial charge is 0.456 e. The molecule has 10 nitrogen and oxygen atoms in total. The summed E-state index contributed by atoms with van der Waals surface area (Å²) in [5.74, 6) is 0.532. The Morgan fingerprint density at radius 2 is 2.03 bits per heavy atom. The molecule has 168 valence electrons. The number of cyclic esters (lactones) is 1. The van der Waals surface area contributed by atoms with Gasteiger partial charge < -0.3 is 15.0 Å². The molecule has 4 heterocycles. The van der Waals surface area contributed by atoms with Crippen LogP contribution in [0.25, 0.3) is 5.82 Å². The molecule has 1 atom stereocenters. The van der Waals surface area contributed by atoms with E-state index in [4.69, 9.17) is 4.74 Å². The Morgan fingerprint density at radius 1 is 1.22 bits per heavy atom. The maximum Gasteiger partial charge on any atom is 0.336 e. The maximum absolute atomic E-state index is 13.3. The summed E-state index contributed by atoms with van der Waals surface area (Å²) < 4.78 is 6.64. The van der Waals surface area contributed by atoms with Gasteiger partial charge in [0.2, 0.25) is 5.91 Å². The summed E-state index contributed by atoms with van der Waals surface area (Å²) >= 11 is 0. The molecular weight excluding hydrogens is 410 g/mol. The van der Waals surface area contributed by atoms with E-state index in [-0.39, 0.29) is 29.9 Å². The Hall–Kier alpha value is -3.14. The average Bonchev–Trinajstić information content (AvgIpc) is 3.53. The molecule has 0 bridgehead atoms. The number of amides is 1. The van der Waals surface area contributed by atoms with Gasteiger partial charge >= 0.3 is 5.97 Å². The predicted octanol–water partition coefficient (Wildman–Crippen LogP) is 1.70. The zero-order chi connectivity index (χ0) is 22.3. The van der Waals surface area contributed by atoms with Crippen LogP contribution in [0.4, 0.5) is 0 Å². The fraction of sp³-hybridized carbons (Fsp3) is 0.545. The lowest BCUT2D eigenvalue weighted by Gasteiger charge is -2.37.